The first kappa shape index (κ1) is 20.8. The third kappa shape index (κ3) is 4.35. The molecule has 7 nitrogen and oxygen atoms in total. The number of amides is 4. The Kier molecular flexibility index (Phi) is 5.84. The van der Waals surface area contributed by atoms with Gasteiger partial charge in [-0.2, -0.15) is 0 Å². The highest BCUT2D eigenvalue weighted by atomic mass is 16.2. The highest BCUT2D eigenvalue weighted by molar-refractivity contribution is 6.21. The number of benzene rings is 2. The predicted octanol–water partition coefficient (Wildman–Crippen LogP) is 3.69. The van der Waals surface area contributed by atoms with Gasteiger partial charge in [0.25, 0.3) is 11.8 Å². The Balaban J connectivity index is 1.44. The van der Waals surface area contributed by atoms with Crippen LogP contribution in [0.2, 0.25) is 0 Å². The topological polar surface area (TPSA) is 95.6 Å². The number of imide groups is 1. The minimum absolute atomic E-state index is 0.0744. The highest BCUT2D eigenvalue weighted by Gasteiger charge is 2.40. The van der Waals surface area contributed by atoms with E-state index in [9.17, 15) is 19.2 Å². The predicted molar refractivity (Wildman–Crippen MR) is 117 cm³/mol. The fourth-order valence-electron chi connectivity index (χ4n) is 4.49. The van der Waals surface area contributed by atoms with Crippen molar-refractivity contribution in [3.63, 3.8) is 0 Å². The Morgan fingerprint density at radius 2 is 1.42 bits per heavy atom. The van der Waals surface area contributed by atoms with Crippen LogP contribution in [0.3, 0.4) is 0 Å². The van der Waals surface area contributed by atoms with Crippen molar-refractivity contribution in [2.24, 2.45) is 11.8 Å². The van der Waals surface area contributed by atoms with E-state index in [1.165, 1.54) is 11.8 Å². The number of hydrogen-bond donors (Lipinski definition) is 2. The van der Waals surface area contributed by atoms with E-state index in [1.807, 2.05) is 0 Å². The number of hydrogen-bond acceptors (Lipinski definition) is 4. The number of carbonyl (C=O) groups excluding carboxylic acids is 4. The number of rotatable bonds is 5. The van der Waals surface area contributed by atoms with Gasteiger partial charge in [0.1, 0.15) is 0 Å². The van der Waals surface area contributed by atoms with E-state index in [0.29, 0.717) is 22.5 Å². The Hall–Kier alpha value is -3.48. The summed E-state index contributed by atoms with van der Waals surface area (Å²) in [5, 5.41) is 5.64. The standard InChI is InChI=1S/C24H25N3O4/c1-15(28)25-17-10-12-18(13-11-17)26-22(29)19-7-3-2-6-16(19)14-27-23(30)20-8-4-5-9-21(20)24(27)31/h4-5,8-13,16,19H,2-3,6-7,14H2,1H3,(H,25,28)(H,26,29). The maximum absolute atomic E-state index is 13.0. The quantitative estimate of drug-likeness (QED) is 0.723. The zero-order valence-corrected chi connectivity index (χ0v) is 17.4. The second-order valence-corrected chi connectivity index (χ2v) is 8.17. The molecule has 1 fully saturated rings. The van der Waals surface area contributed by atoms with Crippen LogP contribution in [0.15, 0.2) is 48.5 Å². The van der Waals surface area contributed by atoms with Gasteiger partial charge in [0.2, 0.25) is 11.8 Å². The number of fused-ring (bicyclic) bond motifs is 1. The Bertz CT molecular complexity index is 996. The van der Waals surface area contributed by atoms with Gasteiger partial charge in [0.15, 0.2) is 0 Å². The fourth-order valence-corrected chi connectivity index (χ4v) is 4.49. The van der Waals surface area contributed by atoms with Gasteiger partial charge in [0.05, 0.1) is 11.1 Å². The second kappa shape index (κ2) is 8.71. The molecule has 4 rings (SSSR count). The lowest BCUT2D eigenvalue weighted by Gasteiger charge is -2.32. The Labute approximate surface area is 180 Å². The van der Waals surface area contributed by atoms with Crippen LogP contribution in [-0.4, -0.2) is 35.1 Å². The van der Waals surface area contributed by atoms with Crippen molar-refractivity contribution < 1.29 is 19.2 Å². The summed E-state index contributed by atoms with van der Waals surface area (Å²) in [7, 11) is 0. The fraction of sp³-hybridized carbons (Fsp3) is 0.333. The van der Waals surface area contributed by atoms with Crippen LogP contribution >= 0.6 is 0 Å². The van der Waals surface area contributed by atoms with Gasteiger partial charge in [-0.1, -0.05) is 25.0 Å². The van der Waals surface area contributed by atoms with E-state index in [-0.39, 0.29) is 42.0 Å². The first-order chi connectivity index (χ1) is 14.9. The van der Waals surface area contributed by atoms with Crippen molar-refractivity contribution in [2.45, 2.75) is 32.6 Å². The average molecular weight is 419 g/mol. The van der Waals surface area contributed by atoms with Gasteiger partial charge >= 0.3 is 0 Å². The van der Waals surface area contributed by atoms with Crippen LogP contribution in [0, 0.1) is 11.8 Å². The third-order valence-corrected chi connectivity index (χ3v) is 6.01. The largest absolute Gasteiger partial charge is 0.326 e. The lowest BCUT2D eigenvalue weighted by atomic mass is 9.78. The number of anilines is 2. The molecule has 1 aliphatic carbocycles. The highest BCUT2D eigenvalue weighted by Crippen LogP contribution is 2.34. The Morgan fingerprint density at radius 1 is 0.871 bits per heavy atom. The minimum Gasteiger partial charge on any atom is -0.326 e. The zero-order valence-electron chi connectivity index (χ0n) is 17.4. The van der Waals surface area contributed by atoms with Gasteiger partial charge in [-0.15, -0.1) is 0 Å². The molecule has 0 spiro atoms. The molecule has 2 aromatic carbocycles. The molecule has 1 heterocycles. The summed E-state index contributed by atoms with van der Waals surface area (Å²) in [5.41, 5.74) is 2.17. The molecule has 2 atom stereocenters. The maximum atomic E-state index is 13.0. The molecule has 4 amide bonds. The number of nitrogens with one attached hydrogen (secondary N) is 2. The van der Waals surface area contributed by atoms with E-state index in [4.69, 9.17) is 0 Å². The molecule has 7 heteroatoms. The zero-order chi connectivity index (χ0) is 22.0. The summed E-state index contributed by atoms with van der Waals surface area (Å²) in [6, 6.07) is 13.8. The lowest BCUT2D eigenvalue weighted by molar-refractivity contribution is -0.122. The van der Waals surface area contributed by atoms with Crippen LogP contribution in [-0.2, 0) is 9.59 Å². The maximum Gasteiger partial charge on any atom is 0.261 e. The van der Waals surface area contributed by atoms with Gasteiger partial charge in [-0.3, -0.25) is 24.1 Å². The molecule has 2 N–H and O–H groups in total. The molecular weight excluding hydrogens is 394 g/mol. The van der Waals surface area contributed by atoms with Crippen LogP contribution in [0.4, 0.5) is 11.4 Å². The summed E-state index contributed by atoms with van der Waals surface area (Å²) in [6.07, 6.45) is 3.44. The van der Waals surface area contributed by atoms with Gasteiger partial charge < -0.3 is 10.6 Å². The van der Waals surface area contributed by atoms with E-state index in [2.05, 4.69) is 10.6 Å². The molecule has 2 unspecified atom stereocenters. The van der Waals surface area contributed by atoms with E-state index in [0.717, 1.165) is 25.7 Å². The van der Waals surface area contributed by atoms with Crippen molar-refractivity contribution in [2.75, 3.05) is 17.2 Å². The molecule has 160 valence electrons. The first-order valence-electron chi connectivity index (χ1n) is 10.6. The molecule has 1 saturated carbocycles. The Morgan fingerprint density at radius 3 is 2.00 bits per heavy atom. The van der Waals surface area contributed by atoms with Crippen molar-refractivity contribution in [3.8, 4) is 0 Å². The monoisotopic (exact) mass is 419 g/mol. The SMILES string of the molecule is CC(=O)Nc1ccc(NC(=O)C2CCCCC2CN2C(=O)c3ccccc3C2=O)cc1. The minimum atomic E-state index is -0.279. The molecule has 0 bridgehead atoms. The van der Waals surface area contributed by atoms with Gasteiger partial charge in [-0.05, 0) is 55.2 Å². The first-order valence-corrected chi connectivity index (χ1v) is 10.6. The molecule has 1 aliphatic heterocycles. The molecular formula is C24H25N3O4. The molecule has 0 aromatic heterocycles. The van der Waals surface area contributed by atoms with Gasteiger partial charge in [0, 0.05) is 30.8 Å². The third-order valence-electron chi connectivity index (χ3n) is 6.01. The number of nitrogens with zero attached hydrogens (tertiary/aromatic N) is 1. The molecule has 0 saturated heterocycles. The molecule has 2 aromatic rings. The van der Waals surface area contributed by atoms with E-state index < -0.39 is 0 Å². The molecule has 31 heavy (non-hydrogen) atoms. The molecule has 0 radical (unpaired) electrons. The van der Waals surface area contributed by atoms with Crippen molar-refractivity contribution in [1.82, 2.24) is 4.90 Å². The van der Waals surface area contributed by atoms with E-state index >= 15 is 0 Å². The summed E-state index contributed by atoms with van der Waals surface area (Å²) in [5.74, 6) is -1.16. The normalized spacial score (nSPS) is 20.4. The van der Waals surface area contributed by atoms with E-state index in [1.54, 1.807) is 48.5 Å². The van der Waals surface area contributed by atoms with Crippen LogP contribution < -0.4 is 10.6 Å². The van der Waals surface area contributed by atoms with Crippen molar-refractivity contribution in [3.05, 3.63) is 59.7 Å². The summed E-state index contributed by atoms with van der Waals surface area (Å²) in [4.78, 5) is 50.9. The summed E-state index contributed by atoms with van der Waals surface area (Å²) < 4.78 is 0. The van der Waals surface area contributed by atoms with Crippen LogP contribution in [0.25, 0.3) is 0 Å². The summed E-state index contributed by atoms with van der Waals surface area (Å²) >= 11 is 0. The lowest BCUT2D eigenvalue weighted by Crippen LogP contribution is -2.41. The van der Waals surface area contributed by atoms with Crippen LogP contribution in [0.5, 0.6) is 0 Å². The number of carbonyl (C=O) groups is 4. The second-order valence-electron chi connectivity index (χ2n) is 8.17. The van der Waals surface area contributed by atoms with Crippen molar-refractivity contribution in [1.29, 1.82) is 0 Å². The van der Waals surface area contributed by atoms with Crippen LogP contribution in [0.1, 0.15) is 53.3 Å². The molecule has 2 aliphatic rings. The average Bonchev–Trinajstić information content (AvgIpc) is 3.00. The smallest absolute Gasteiger partial charge is 0.261 e. The summed E-state index contributed by atoms with van der Waals surface area (Å²) in [6.45, 7) is 1.69. The van der Waals surface area contributed by atoms with Gasteiger partial charge in [-0.25, -0.2) is 0 Å². The van der Waals surface area contributed by atoms with Crippen molar-refractivity contribution >= 4 is 35.0 Å².